The maximum Gasteiger partial charge on any atom is 0.296 e. The van der Waals surface area contributed by atoms with Gasteiger partial charge in [0, 0.05) is 16.5 Å². The number of fused-ring (bicyclic) bond motifs is 1. The highest BCUT2D eigenvalue weighted by Gasteiger charge is 2.20. The molecule has 0 unspecified atom stereocenters. The van der Waals surface area contributed by atoms with E-state index < -0.39 is 50.7 Å². The third-order valence-electron chi connectivity index (χ3n) is 6.64. The molecule has 0 saturated carbocycles. The fourth-order valence-electron chi connectivity index (χ4n) is 4.34. The number of aryl methyl sites for hydroxylation is 2. The van der Waals surface area contributed by atoms with Crippen molar-refractivity contribution in [3.05, 3.63) is 82.4 Å². The molecule has 254 valence electrons. The summed E-state index contributed by atoms with van der Waals surface area (Å²) in [5, 5.41) is 19.7. The predicted octanol–water partition coefficient (Wildman–Crippen LogP) is 7.26. The highest BCUT2D eigenvalue weighted by atomic mass is 35.5. The van der Waals surface area contributed by atoms with Crippen LogP contribution in [0.5, 0.6) is 0 Å². The standard InChI is InChI=1S/C27H20Cl2N8O9S3/c1-13-10-22(36-37-23-12-16(48(41,42)43)4-8-24(23)49(44,45)46)14(2)9-21(13)35-34-20-7-6-19(30-27-32-25(28)31-26(29)33-27)17-5-3-15(11-18(17)20)47(38,39)40/h3-12H,1-2H3,(H,38,39,40)(H,41,42,43)(H,44,45,46)(H,30,31,32,33). The molecule has 0 atom stereocenters. The Bertz CT molecular complexity index is 2550. The first kappa shape index (κ1) is 35.8. The number of aromatic nitrogens is 3. The summed E-state index contributed by atoms with van der Waals surface area (Å²) < 4.78 is 99.2. The minimum absolute atomic E-state index is 0.00298. The predicted molar refractivity (Wildman–Crippen MR) is 177 cm³/mol. The number of anilines is 2. The molecule has 0 radical (unpaired) electrons. The highest BCUT2D eigenvalue weighted by Crippen LogP contribution is 2.37. The van der Waals surface area contributed by atoms with Crippen LogP contribution in [0, 0.1) is 13.8 Å². The van der Waals surface area contributed by atoms with Crippen LogP contribution in [-0.4, -0.2) is 53.9 Å². The van der Waals surface area contributed by atoms with Crippen LogP contribution < -0.4 is 5.32 Å². The van der Waals surface area contributed by atoms with E-state index in [1.54, 1.807) is 26.0 Å². The van der Waals surface area contributed by atoms with Crippen molar-refractivity contribution in [1.82, 2.24) is 15.0 Å². The summed E-state index contributed by atoms with van der Waals surface area (Å²) >= 11 is 11.7. The first-order valence-electron chi connectivity index (χ1n) is 13.2. The molecule has 0 amide bonds. The van der Waals surface area contributed by atoms with Crippen LogP contribution in [0.15, 0.2) is 95.8 Å². The van der Waals surface area contributed by atoms with Gasteiger partial charge in [-0.1, -0.05) is 6.07 Å². The fraction of sp³-hybridized carbons (Fsp3) is 0.0741. The summed E-state index contributed by atoms with van der Waals surface area (Å²) in [6, 6.07) is 12.3. The zero-order valence-electron chi connectivity index (χ0n) is 24.7. The van der Waals surface area contributed by atoms with Crippen LogP contribution >= 0.6 is 23.2 Å². The monoisotopic (exact) mass is 766 g/mol. The van der Waals surface area contributed by atoms with Crippen molar-refractivity contribution in [3.63, 3.8) is 0 Å². The van der Waals surface area contributed by atoms with Crippen molar-refractivity contribution in [2.24, 2.45) is 20.5 Å². The van der Waals surface area contributed by atoms with E-state index in [0.717, 1.165) is 18.2 Å². The van der Waals surface area contributed by atoms with Gasteiger partial charge in [0.15, 0.2) is 0 Å². The van der Waals surface area contributed by atoms with Gasteiger partial charge in [-0.3, -0.25) is 13.7 Å². The van der Waals surface area contributed by atoms with Crippen LogP contribution in [0.1, 0.15) is 11.1 Å². The number of halogens is 2. The maximum atomic E-state index is 11.9. The molecule has 0 spiro atoms. The lowest BCUT2D eigenvalue weighted by Crippen LogP contribution is -2.02. The van der Waals surface area contributed by atoms with Crippen LogP contribution in [0.2, 0.25) is 10.6 Å². The van der Waals surface area contributed by atoms with Gasteiger partial charge in [-0.15, -0.1) is 10.2 Å². The van der Waals surface area contributed by atoms with E-state index in [1.807, 2.05) is 0 Å². The number of hydrogen-bond acceptors (Lipinski definition) is 14. The Labute approximate surface area is 288 Å². The van der Waals surface area contributed by atoms with Gasteiger partial charge in [0.2, 0.25) is 16.5 Å². The summed E-state index contributed by atoms with van der Waals surface area (Å²) in [6.45, 7) is 3.28. The van der Waals surface area contributed by atoms with Crippen LogP contribution in [-0.2, 0) is 30.4 Å². The molecule has 4 aromatic carbocycles. The van der Waals surface area contributed by atoms with Gasteiger partial charge < -0.3 is 5.32 Å². The first-order chi connectivity index (χ1) is 22.8. The molecule has 4 N–H and O–H groups in total. The number of benzene rings is 4. The zero-order chi connectivity index (χ0) is 35.9. The Morgan fingerprint density at radius 3 is 1.63 bits per heavy atom. The number of rotatable bonds is 9. The largest absolute Gasteiger partial charge is 0.323 e. The highest BCUT2D eigenvalue weighted by molar-refractivity contribution is 7.86. The third kappa shape index (κ3) is 8.37. The zero-order valence-corrected chi connectivity index (χ0v) is 28.6. The summed E-state index contributed by atoms with van der Waals surface area (Å²) in [6.07, 6.45) is 0. The summed E-state index contributed by atoms with van der Waals surface area (Å²) in [7, 11) is -14.2. The second-order valence-corrected chi connectivity index (χ2v) is 15.0. The van der Waals surface area contributed by atoms with Gasteiger partial charge in [-0.05, 0) is 103 Å². The van der Waals surface area contributed by atoms with Crippen LogP contribution in [0.4, 0.5) is 34.4 Å². The van der Waals surface area contributed by atoms with E-state index in [2.05, 4.69) is 40.7 Å². The van der Waals surface area contributed by atoms with E-state index in [1.165, 1.54) is 30.3 Å². The molecule has 22 heteroatoms. The quantitative estimate of drug-likeness (QED) is 0.0851. The molecule has 0 saturated heterocycles. The molecular weight excluding hydrogens is 747 g/mol. The topological polar surface area (TPSA) is 263 Å². The normalized spacial score (nSPS) is 12.7. The Morgan fingerprint density at radius 2 is 1.08 bits per heavy atom. The number of nitrogens with zero attached hydrogens (tertiary/aromatic N) is 7. The summed E-state index contributed by atoms with van der Waals surface area (Å²) in [5.41, 5.74) is 1.59. The lowest BCUT2D eigenvalue weighted by molar-refractivity contribution is 0.478. The van der Waals surface area contributed by atoms with E-state index >= 15 is 0 Å². The molecule has 1 aromatic heterocycles. The number of nitrogens with one attached hydrogen (secondary N) is 1. The van der Waals surface area contributed by atoms with Crippen LogP contribution in [0.25, 0.3) is 10.8 Å². The molecule has 5 aromatic rings. The Balaban J connectivity index is 1.53. The second kappa shape index (κ2) is 13.4. The van der Waals surface area contributed by atoms with E-state index in [0.29, 0.717) is 27.9 Å². The molecule has 0 aliphatic heterocycles. The fourth-order valence-corrected chi connectivity index (χ4v) is 6.32. The van der Waals surface area contributed by atoms with Crippen molar-refractivity contribution in [3.8, 4) is 0 Å². The SMILES string of the molecule is Cc1cc(N=Nc2ccc(Nc3nc(Cl)nc(Cl)n3)c3ccc(S(=O)(=O)O)cc23)c(C)cc1N=Nc1cc(S(=O)(=O)O)ccc1S(=O)(=O)O. The smallest absolute Gasteiger partial charge is 0.296 e. The maximum absolute atomic E-state index is 11.9. The molecule has 17 nitrogen and oxygen atoms in total. The Kier molecular flexibility index (Phi) is 9.78. The minimum atomic E-state index is -4.84. The van der Waals surface area contributed by atoms with Gasteiger partial charge in [-0.2, -0.15) is 50.4 Å². The molecule has 0 aliphatic rings. The van der Waals surface area contributed by atoms with Gasteiger partial charge in [-0.25, -0.2) is 0 Å². The van der Waals surface area contributed by atoms with E-state index in [9.17, 15) is 38.9 Å². The Morgan fingerprint density at radius 1 is 0.571 bits per heavy atom. The van der Waals surface area contributed by atoms with Gasteiger partial charge in [0.1, 0.15) is 10.6 Å². The van der Waals surface area contributed by atoms with E-state index in [4.69, 9.17) is 23.2 Å². The molecule has 0 fully saturated rings. The van der Waals surface area contributed by atoms with Gasteiger partial charge in [0.05, 0.1) is 26.9 Å². The lowest BCUT2D eigenvalue weighted by atomic mass is 10.1. The summed E-state index contributed by atoms with van der Waals surface area (Å²) in [4.78, 5) is 9.79. The van der Waals surface area contributed by atoms with Crippen LogP contribution in [0.3, 0.4) is 0 Å². The number of azo groups is 2. The van der Waals surface area contributed by atoms with E-state index in [-0.39, 0.29) is 33.3 Å². The van der Waals surface area contributed by atoms with Crippen molar-refractivity contribution < 1.29 is 38.9 Å². The minimum Gasteiger partial charge on any atom is -0.323 e. The molecule has 0 bridgehead atoms. The first-order valence-corrected chi connectivity index (χ1v) is 18.3. The van der Waals surface area contributed by atoms with Gasteiger partial charge >= 0.3 is 0 Å². The average molecular weight is 768 g/mol. The van der Waals surface area contributed by atoms with Crippen molar-refractivity contribution in [2.75, 3.05) is 5.32 Å². The van der Waals surface area contributed by atoms with Crippen molar-refractivity contribution >= 4 is 98.7 Å². The lowest BCUT2D eigenvalue weighted by Gasteiger charge is -2.11. The second-order valence-electron chi connectivity index (χ2n) is 10.0. The summed E-state index contributed by atoms with van der Waals surface area (Å²) in [5.74, 6) is 0.00298. The van der Waals surface area contributed by atoms with Crippen molar-refractivity contribution in [1.29, 1.82) is 0 Å². The molecule has 49 heavy (non-hydrogen) atoms. The molecule has 0 aliphatic carbocycles. The third-order valence-corrected chi connectivity index (χ3v) is 9.58. The molecule has 5 rings (SSSR count). The Hall–Kier alpha value is -4.54. The average Bonchev–Trinajstić information content (AvgIpc) is 2.99. The number of hydrogen-bond donors (Lipinski definition) is 4. The van der Waals surface area contributed by atoms with Gasteiger partial charge in [0.25, 0.3) is 30.4 Å². The molecular formula is C27H20Cl2N8O9S3. The molecule has 1 heterocycles. The van der Waals surface area contributed by atoms with Crippen molar-refractivity contribution in [2.45, 2.75) is 28.5 Å².